The third kappa shape index (κ3) is 3.17. The summed E-state index contributed by atoms with van der Waals surface area (Å²) in [7, 11) is 1.34. The van der Waals surface area contributed by atoms with Gasteiger partial charge in [0.05, 0.1) is 17.7 Å². The van der Waals surface area contributed by atoms with Crippen molar-refractivity contribution in [2.75, 3.05) is 7.11 Å². The lowest BCUT2D eigenvalue weighted by molar-refractivity contribution is -0.269. The summed E-state index contributed by atoms with van der Waals surface area (Å²) in [5, 5.41) is 15.0. The van der Waals surface area contributed by atoms with Crippen LogP contribution in [0.2, 0.25) is 0 Å². The standard InChI is InChI=1S/C11H13NO5/c1-6(12-16-3)4-8(13)10-9(14)5-7(2)17-11(10)15/h5,14H,4H2,1-3H3/p-1/b12-6+. The summed E-state index contributed by atoms with van der Waals surface area (Å²) in [5.74, 6) is -1.07. The number of Topliss-reactive ketones (excluding diaryl/α,β-unsaturated/α-hetero) is 1. The Balaban J connectivity index is 3.06. The van der Waals surface area contributed by atoms with Crippen LogP contribution in [-0.2, 0) is 4.84 Å². The number of aryl methyl sites for hydroxylation is 1. The molecule has 0 aromatic carbocycles. The van der Waals surface area contributed by atoms with E-state index in [0.717, 1.165) is 6.07 Å². The summed E-state index contributed by atoms with van der Waals surface area (Å²) in [5.41, 5.74) is -1.01. The van der Waals surface area contributed by atoms with E-state index in [1.165, 1.54) is 14.0 Å². The Morgan fingerprint density at radius 3 is 2.76 bits per heavy atom. The van der Waals surface area contributed by atoms with Gasteiger partial charge in [-0.25, -0.2) is 4.79 Å². The molecule has 0 N–H and O–H groups in total. The second-order valence-electron chi connectivity index (χ2n) is 3.49. The minimum Gasteiger partial charge on any atom is -0.872 e. The van der Waals surface area contributed by atoms with Crippen molar-refractivity contribution >= 4 is 11.5 Å². The summed E-state index contributed by atoms with van der Waals surface area (Å²) in [6.45, 7) is 3.02. The maximum atomic E-state index is 11.7. The van der Waals surface area contributed by atoms with Gasteiger partial charge in [-0.2, -0.15) is 0 Å². The monoisotopic (exact) mass is 238 g/mol. The molecule has 1 aromatic rings. The summed E-state index contributed by atoms with van der Waals surface area (Å²) < 4.78 is 4.70. The number of rotatable bonds is 4. The second kappa shape index (κ2) is 5.29. The molecule has 1 heterocycles. The molecule has 6 heteroatoms. The predicted octanol–water partition coefficient (Wildman–Crippen LogP) is 0.617. The first-order valence-electron chi connectivity index (χ1n) is 4.87. The van der Waals surface area contributed by atoms with Crippen LogP contribution in [0, 0.1) is 6.92 Å². The van der Waals surface area contributed by atoms with E-state index in [2.05, 4.69) is 9.99 Å². The molecule has 0 saturated heterocycles. The molecule has 0 radical (unpaired) electrons. The molecular weight excluding hydrogens is 226 g/mol. The van der Waals surface area contributed by atoms with E-state index >= 15 is 0 Å². The Hall–Kier alpha value is -2.11. The zero-order valence-electron chi connectivity index (χ0n) is 9.77. The Morgan fingerprint density at radius 1 is 1.59 bits per heavy atom. The first-order chi connectivity index (χ1) is 7.95. The molecule has 1 aromatic heterocycles. The molecule has 92 valence electrons. The SMILES string of the molecule is CO/N=C(\C)CC(=O)c1c([O-])cc(C)oc1=O. The maximum absolute atomic E-state index is 11.7. The summed E-state index contributed by atoms with van der Waals surface area (Å²) in [6.07, 6.45) is -0.156. The number of carbonyl (C=O) groups excluding carboxylic acids is 1. The number of oxime groups is 1. The van der Waals surface area contributed by atoms with Crippen molar-refractivity contribution in [2.24, 2.45) is 5.16 Å². The maximum Gasteiger partial charge on any atom is 0.346 e. The van der Waals surface area contributed by atoms with Gasteiger partial charge in [0.1, 0.15) is 12.9 Å². The lowest BCUT2D eigenvalue weighted by Crippen LogP contribution is -2.19. The van der Waals surface area contributed by atoms with Crippen LogP contribution in [0.25, 0.3) is 0 Å². The highest BCUT2D eigenvalue weighted by molar-refractivity contribution is 6.09. The average Bonchev–Trinajstić information content (AvgIpc) is 2.15. The second-order valence-corrected chi connectivity index (χ2v) is 3.49. The molecule has 0 bridgehead atoms. The van der Waals surface area contributed by atoms with Crippen LogP contribution < -0.4 is 10.7 Å². The van der Waals surface area contributed by atoms with E-state index in [-0.39, 0.29) is 12.2 Å². The molecular formula is C11H12NO5-. The van der Waals surface area contributed by atoms with Crippen molar-refractivity contribution in [1.82, 2.24) is 0 Å². The van der Waals surface area contributed by atoms with Crippen LogP contribution in [0.4, 0.5) is 0 Å². The van der Waals surface area contributed by atoms with Gasteiger partial charge in [0.25, 0.3) is 0 Å². The molecule has 17 heavy (non-hydrogen) atoms. The largest absolute Gasteiger partial charge is 0.872 e. The fourth-order valence-electron chi connectivity index (χ4n) is 1.34. The first-order valence-corrected chi connectivity index (χ1v) is 4.87. The van der Waals surface area contributed by atoms with Crippen molar-refractivity contribution < 1.29 is 19.2 Å². The molecule has 0 aliphatic heterocycles. The number of hydrogen-bond acceptors (Lipinski definition) is 6. The molecule has 0 amide bonds. The highest BCUT2D eigenvalue weighted by Gasteiger charge is 2.14. The number of carbonyl (C=O) groups is 1. The Morgan fingerprint density at radius 2 is 2.24 bits per heavy atom. The zero-order chi connectivity index (χ0) is 13.0. The van der Waals surface area contributed by atoms with Crippen molar-refractivity contribution in [3.8, 4) is 5.75 Å². The van der Waals surface area contributed by atoms with Crippen LogP contribution in [-0.4, -0.2) is 18.6 Å². The Labute approximate surface area is 97.5 Å². The number of hydrogen-bond donors (Lipinski definition) is 0. The third-order valence-electron chi connectivity index (χ3n) is 1.98. The summed E-state index contributed by atoms with van der Waals surface area (Å²) >= 11 is 0. The van der Waals surface area contributed by atoms with E-state index in [4.69, 9.17) is 4.42 Å². The molecule has 0 fully saturated rings. The number of ketones is 1. The third-order valence-corrected chi connectivity index (χ3v) is 1.98. The van der Waals surface area contributed by atoms with Gasteiger partial charge in [0, 0.05) is 0 Å². The Kier molecular flexibility index (Phi) is 4.03. The van der Waals surface area contributed by atoms with Gasteiger partial charge in [0.15, 0.2) is 5.78 Å². The topological polar surface area (TPSA) is 91.9 Å². The molecule has 0 unspecified atom stereocenters. The van der Waals surface area contributed by atoms with Crippen LogP contribution in [0.5, 0.6) is 5.75 Å². The minimum atomic E-state index is -0.912. The smallest absolute Gasteiger partial charge is 0.346 e. The highest BCUT2D eigenvalue weighted by Crippen LogP contribution is 2.13. The lowest BCUT2D eigenvalue weighted by Gasteiger charge is -2.10. The van der Waals surface area contributed by atoms with Crippen LogP contribution in [0.1, 0.15) is 29.5 Å². The van der Waals surface area contributed by atoms with E-state index in [1.54, 1.807) is 6.92 Å². The highest BCUT2D eigenvalue weighted by atomic mass is 16.6. The minimum absolute atomic E-state index is 0.156. The van der Waals surface area contributed by atoms with Crippen molar-refractivity contribution in [1.29, 1.82) is 0 Å². The van der Waals surface area contributed by atoms with Crippen molar-refractivity contribution in [3.63, 3.8) is 0 Å². The summed E-state index contributed by atoms with van der Waals surface area (Å²) in [6, 6.07) is 1.11. The molecule has 0 saturated carbocycles. The fourth-order valence-corrected chi connectivity index (χ4v) is 1.34. The van der Waals surface area contributed by atoms with Gasteiger partial charge < -0.3 is 14.4 Å². The van der Waals surface area contributed by atoms with Crippen molar-refractivity contribution in [2.45, 2.75) is 20.3 Å². The molecule has 0 spiro atoms. The van der Waals surface area contributed by atoms with E-state index in [9.17, 15) is 14.7 Å². The van der Waals surface area contributed by atoms with Crippen LogP contribution in [0.3, 0.4) is 0 Å². The van der Waals surface area contributed by atoms with E-state index in [1.807, 2.05) is 0 Å². The molecule has 0 aliphatic carbocycles. The molecule has 0 aliphatic rings. The molecule has 6 nitrogen and oxygen atoms in total. The zero-order valence-corrected chi connectivity index (χ0v) is 9.77. The van der Waals surface area contributed by atoms with Gasteiger partial charge in [-0.15, -0.1) is 0 Å². The van der Waals surface area contributed by atoms with Gasteiger partial charge in [-0.3, -0.25) is 4.79 Å². The Bertz CT molecular complexity index is 515. The van der Waals surface area contributed by atoms with Crippen molar-refractivity contribution in [3.05, 3.63) is 27.8 Å². The average molecular weight is 238 g/mol. The van der Waals surface area contributed by atoms with Gasteiger partial charge in [-0.05, 0) is 19.9 Å². The number of nitrogens with zero attached hydrogens (tertiary/aromatic N) is 1. The van der Waals surface area contributed by atoms with Crippen LogP contribution >= 0.6 is 0 Å². The molecule has 0 atom stereocenters. The quantitative estimate of drug-likeness (QED) is 0.435. The van der Waals surface area contributed by atoms with Gasteiger partial charge in [-0.1, -0.05) is 10.9 Å². The van der Waals surface area contributed by atoms with Gasteiger partial charge in [0.2, 0.25) is 0 Å². The lowest BCUT2D eigenvalue weighted by atomic mass is 10.1. The predicted molar refractivity (Wildman–Crippen MR) is 58.2 cm³/mol. The summed E-state index contributed by atoms with van der Waals surface area (Å²) in [4.78, 5) is 27.5. The normalized spacial score (nSPS) is 11.4. The van der Waals surface area contributed by atoms with E-state index in [0.29, 0.717) is 5.71 Å². The van der Waals surface area contributed by atoms with E-state index < -0.39 is 22.7 Å². The van der Waals surface area contributed by atoms with Crippen LogP contribution in [0.15, 0.2) is 20.4 Å². The first kappa shape index (κ1) is 13.0. The fraction of sp³-hybridized carbons (Fsp3) is 0.364. The molecule has 1 rings (SSSR count). The van der Waals surface area contributed by atoms with Gasteiger partial charge >= 0.3 is 5.63 Å².